The number of amidine groups is 1. The number of methoxy groups -OCH3 is 1. The highest BCUT2D eigenvalue weighted by Gasteiger charge is 2.07. The van der Waals surface area contributed by atoms with E-state index in [0.29, 0.717) is 5.17 Å². The minimum absolute atomic E-state index is 0.548. The summed E-state index contributed by atoms with van der Waals surface area (Å²) in [7, 11) is 1.64. The van der Waals surface area contributed by atoms with E-state index < -0.39 is 0 Å². The van der Waals surface area contributed by atoms with Crippen molar-refractivity contribution in [2.75, 3.05) is 13.4 Å². The van der Waals surface area contributed by atoms with Crippen LogP contribution >= 0.6 is 11.8 Å². The quantitative estimate of drug-likeness (QED) is 0.405. The summed E-state index contributed by atoms with van der Waals surface area (Å²) >= 11 is 1.38. The van der Waals surface area contributed by atoms with Gasteiger partial charge in [0, 0.05) is 11.6 Å². The molecule has 0 bridgehead atoms. The highest BCUT2D eigenvalue weighted by Crippen LogP contribution is 2.33. The predicted molar refractivity (Wildman–Crippen MR) is 87.8 cm³/mol. The average Bonchev–Trinajstić information content (AvgIpc) is 2.55. The Balaban J connectivity index is 2.40. The number of rotatable bonds is 3. The van der Waals surface area contributed by atoms with Crippen LogP contribution in [0, 0.1) is 11.5 Å². The molecule has 2 aromatic rings. The number of nitrogens with zero attached hydrogens (tertiary/aromatic N) is 2. The Bertz CT molecular complexity index is 678. The fourth-order valence-corrected chi connectivity index (χ4v) is 2.24. The van der Waals surface area contributed by atoms with E-state index in [1.54, 1.807) is 7.11 Å². The van der Waals surface area contributed by atoms with E-state index >= 15 is 0 Å². The van der Waals surface area contributed by atoms with Crippen LogP contribution in [0.2, 0.25) is 0 Å². The molecule has 0 aromatic heterocycles. The predicted octanol–water partition coefficient (Wildman–Crippen LogP) is 3.78. The molecule has 106 valence electrons. The summed E-state index contributed by atoms with van der Waals surface area (Å²) in [5.41, 5.74) is 2.83. The van der Waals surface area contributed by atoms with Gasteiger partial charge in [0.25, 0.3) is 0 Å². The average molecular weight is 297 g/mol. The van der Waals surface area contributed by atoms with E-state index in [2.05, 4.69) is 10.3 Å². The molecule has 0 fully saturated rings. The molecule has 0 spiro atoms. The SMILES string of the molecule is COc1cc(N=C(NC#N)SC)ccc1-c1ccccc1. The Hall–Kier alpha value is -2.45. The minimum atomic E-state index is 0.548. The maximum atomic E-state index is 8.66. The van der Waals surface area contributed by atoms with Crippen LogP contribution in [-0.4, -0.2) is 18.5 Å². The summed E-state index contributed by atoms with van der Waals surface area (Å²) in [5, 5.41) is 11.7. The monoisotopic (exact) mass is 297 g/mol. The van der Waals surface area contributed by atoms with Crippen molar-refractivity contribution in [3.05, 3.63) is 48.5 Å². The molecule has 0 aliphatic heterocycles. The van der Waals surface area contributed by atoms with E-state index in [1.807, 2.05) is 61.0 Å². The van der Waals surface area contributed by atoms with Gasteiger partial charge in [-0.15, -0.1) is 0 Å². The second kappa shape index (κ2) is 7.36. The van der Waals surface area contributed by atoms with Crippen LogP contribution in [0.5, 0.6) is 5.75 Å². The first kappa shape index (κ1) is 14.9. The van der Waals surface area contributed by atoms with Gasteiger partial charge in [-0.3, -0.25) is 5.32 Å². The molecule has 2 rings (SSSR count). The fraction of sp³-hybridized carbons (Fsp3) is 0.125. The van der Waals surface area contributed by atoms with Crippen molar-refractivity contribution in [3.63, 3.8) is 0 Å². The van der Waals surface area contributed by atoms with Crippen LogP contribution in [0.3, 0.4) is 0 Å². The highest BCUT2D eigenvalue weighted by molar-refractivity contribution is 8.13. The molecule has 0 aliphatic rings. The lowest BCUT2D eigenvalue weighted by Gasteiger charge is -2.10. The van der Waals surface area contributed by atoms with Crippen molar-refractivity contribution in [1.82, 2.24) is 5.32 Å². The van der Waals surface area contributed by atoms with Crippen LogP contribution in [0.25, 0.3) is 11.1 Å². The standard InChI is InChI=1S/C16H15N3OS/c1-20-15-10-13(19-16(21-2)18-11-17)8-9-14(15)12-6-4-3-5-7-12/h3-10H,1-2H3,(H,18,19). The van der Waals surface area contributed by atoms with Gasteiger partial charge in [0.05, 0.1) is 12.8 Å². The lowest BCUT2D eigenvalue weighted by Crippen LogP contribution is -2.12. The zero-order chi connectivity index (χ0) is 15.1. The van der Waals surface area contributed by atoms with Gasteiger partial charge in [-0.1, -0.05) is 42.1 Å². The zero-order valence-electron chi connectivity index (χ0n) is 11.8. The molecule has 0 saturated heterocycles. The third-order valence-corrected chi connectivity index (χ3v) is 3.44. The molecular formula is C16H15N3OS. The number of ether oxygens (including phenoxy) is 1. The first-order valence-electron chi connectivity index (χ1n) is 6.29. The summed E-state index contributed by atoms with van der Waals surface area (Å²) in [5.74, 6) is 0.750. The van der Waals surface area contributed by atoms with Gasteiger partial charge in [-0.25, -0.2) is 4.99 Å². The summed E-state index contributed by atoms with van der Waals surface area (Å²) in [6, 6.07) is 15.8. The molecular weight excluding hydrogens is 282 g/mol. The third kappa shape index (κ3) is 3.77. The summed E-state index contributed by atoms with van der Waals surface area (Å²) in [4.78, 5) is 4.38. The van der Waals surface area contributed by atoms with Gasteiger partial charge in [0.15, 0.2) is 11.4 Å². The minimum Gasteiger partial charge on any atom is -0.496 e. The van der Waals surface area contributed by atoms with Crippen LogP contribution in [-0.2, 0) is 0 Å². The van der Waals surface area contributed by atoms with Crippen LogP contribution in [0.15, 0.2) is 53.5 Å². The number of hydrogen-bond acceptors (Lipinski definition) is 4. The van der Waals surface area contributed by atoms with E-state index in [1.165, 1.54) is 11.8 Å². The Kier molecular flexibility index (Phi) is 5.24. The smallest absolute Gasteiger partial charge is 0.183 e. The third-order valence-electron chi connectivity index (χ3n) is 2.86. The van der Waals surface area contributed by atoms with Gasteiger partial charge < -0.3 is 4.74 Å². The molecule has 0 saturated carbocycles. The second-order valence-electron chi connectivity index (χ2n) is 4.11. The molecule has 4 nitrogen and oxygen atoms in total. The van der Waals surface area contributed by atoms with E-state index in [9.17, 15) is 0 Å². The number of benzene rings is 2. The maximum absolute atomic E-state index is 8.66. The molecule has 0 unspecified atom stereocenters. The van der Waals surface area contributed by atoms with E-state index in [4.69, 9.17) is 10.00 Å². The molecule has 21 heavy (non-hydrogen) atoms. The van der Waals surface area contributed by atoms with Crippen molar-refractivity contribution >= 4 is 22.6 Å². The molecule has 0 amide bonds. The highest BCUT2D eigenvalue weighted by atomic mass is 32.2. The summed E-state index contributed by atoms with van der Waals surface area (Å²) in [6.07, 6.45) is 3.73. The molecule has 0 radical (unpaired) electrons. The lowest BCUT2D eigenvalue weighted by atomic mass is 10.0. The Labute approximate surface area is 128 Å². The number of hydrogen-bond donors (Lipinski definition) is 1. The molecule has 5 heteroatoms. The fourth-order valence-electron chi connectivity index (χ4n) is 1.90. The topological polar surface area (TPSA) is 57.4 Å². The van der Waals surface area contributed by atoms with Crippen LogP contribution in [0.1, 0.15) is 0 Å². The molecule has 1 N–H and O–H groups in total. The maximum Gasteiger partial charge on any atom is 0.183 e. The summed E-state index contributed by atoms with van der Waals surface area (Å²) in [6.45, 7) is 0. The first-order chi connectivity index (χ1) is 10.3. The van der Waals surface area contributed by atoms with E-state index in [-0.39, 0.29) is 0 Å². The number of nitrogens with one attached hydrogen (secondary N) is 1. The van der Waals surface area contributed by atoms with Crippen LogP contribution < -0.4 is 10.1 Å². The molecule has 0 atom stereocenters. The zero-order valence-corrected chi connectivity index (χ0v) is 12.6. The van der Waals surface area contributed by atoms with Crippen LogP contribution in [0.4, 0.5) is 5.69 Å². The van der Waals surface area contributed by atoms with Gasteiger partial charge in [-0.05, 0) is 24.0 Å². The Morgan fingerprint density at radius 3 is 2.62 bits per heavy atom. The number of thioether (sulfide) groups is 1. The van der Waals surface area contributed by atoms with Gasteiger partial charge in [0.2, 0.25) is 0 Å². The van der Waals surface area contributed by atoms with Gasteiger partial charge in [0.1, 0.15) is 5.75 Å². The lowest BCUT2D eigenvalue weighted by molar-refractivity contribution is 0.416. The Morgan fingerprint density at radius 2 is 2.00 bits per heavy atom. The number of aliphatic imine (C=N–C) groups is 1. The van der Waals surface area contributed by atoms with Crippen molar-refractivity contribution in [2.45, 2.75) is 0 Å². The van der Waals surface area contributed by atoms with Gasteiger partial charge >= 0.3 is 0 Å². The largest absolute Gasteiger partial charge is 0.496 e. The van der Waals surface area contributed by atoms with Crippen molar-refractivity contribution in [3.8, 4) is 23.1 Å². The molecule has 0 heterocycles. The molecule has 2 aromatic carbocycles. The van der Waals surface area contributed by atoms with E-state index in [0.717, 1.165) is 22.6 Å². The van der Waals surface area contributed by atoms with Crippen molar-refractivity contribution in [1.29, 1.82) is 5.26 Å². The normalized spacial score (nSPS) is 10.8. The summed E-state index contributed by atoms with van der Waals surface area (Å²) < 4.78 is 5.45. The van der Waals surface area contributed by atoms with Crippen molar-refractivity contribution < 1.29 is 4.74 Å². The number of nitriles is 1. The second-order valence-corrected chi connectivity index (χ2v) is 4.90. The molecule has 0 aliphatic carbocycles. The van der Waals surface area contributed by atoms with Crippen molar-refractivity contribution in [2.24, 2.45) is 4.99 Å². The van der Waals surface area contributed by atoms with Gasteiger partial charge in [-0.2, -0.15) is 5.26 Å². The first-order valence-corrected chi connectivity index (χ1v) is 7.52. The Morgan fingerprint density at radius 1 is 1.24 bits per heavy atom.